The predicted molar refractivity (Wildman–Crippen MR) is 113 cm³/mol. The molecular formula is C23H26FN5O. The van der Waals surface area contributed by atoms with Crippen molar-refractivity contribution in [2.24, 2.45) is 0 Å². The maximum absolute atomic E-state index is 13.5. The average molecular weight is 407 g/mol. The Kier molecular flexibility index (Phi) is 5.90. The zero-order valence-electron chi connectivity index (χ0n) is 17.4. The summed E-state index contributed by atoms with van der Waals surface area (Å²) in [5.41, 5.74) is 5.49. The van der Waals surface area contributed by atoms with Crippen LogP contribution in [0.5, 0.6) is 0 Å². The molecule has 6 nitrogen and oxygen atoms in total. The maximum Gasteiger partial charge on any atom is 0.273 e. The number of carbonyl (C=O) groups excluding carboxylic acids is 1. The zero-order chi connectivity index (χ0) is 21.1. The Labute approximate surface area is 175 Å². The molecule has 0 fully saturated rings. The van der Waals surface area contributed by atoms with Crippen LogP contribution in [0.4, 0.5) is 4.39 Å². The molecule has 2 aromatic carbocycles. The van der Waals surface area contributed by atoms with Gasteiger partial charge in [0.1, 0.15) is 5.82 Å². The second kappa shape index (κ2) is 8.75. The number of hydrogen-bond acceptors (Lipinski definition) is 4. The molecule has 1 aromatic heterocycles. The summed E-state index contributed by atoms with van der Waals surface area (Å²) < 4.78 is 15.3. The van der Waals surface area contributed by atoms with Crippen LogP contribution in [-0.2, 0) is 19.5 Å². The molecular weight excluding hydrogens is 381 g/mol. The highest BCUT2D eigenvalue weighted by Crippen LogP contribution is 2.27. The molecule has 4 rings (SSSR count). The summed E-state index contributed by atoms with van der Waals surface area (Å²) in [7, 11) is 0. The van der Waals surface area contributed by atoms with Gasteiger partial charge in [-0.3, -0.25) is 9.69 Å². The van der Waals surface area contributed by atoms with E-state index < -0.39 is 0 Å². The van der Waals surface area contributed by atoms with E-state index in [9.17, 15) is 9.18 Å². The van der Waals surface area contributed by atoms with Gasteiger partial charge in [-0.05, 0) is 54.7 Å². The SMILES string of the molecule is CCCNC(=O)c1nnn(-c2cccc3c2CCN(Cc2cccc(F)c2)C3)c1C. The van der Waals surface area contributed by atoms with Crippen molar-refractivity contribution in [1.82, 2.24) is 25.2 Å². The van der Waals surface area contributed by atoms with Crippen LogP contribution >= 0.6 is 0 Å². The van der Waals surface area contributed by atoms with Gasteiger partial charge in [-0.1, -0.05) is 36.4 Å². The summed E-state index contributed by atoms with van der Waals surface area (Å²) in [5.74, 6) is -0.390. The molecule has 3 aromatic rings. The average Bonchev–Trinajstić information content (AvgIpc) is 3.12. The van der Waals surface area contributed by atoms with Gasteiger partial charge in [-0.15, -0.1) is 5.10 Å². The van der Waals surface area contributed by atoms with Gasteiger partial charge in [0.25, 0.3) is 5.91 Å². The fourth-order valence-electron chi connectivity index (χ4n) is 3.96. The van der Waals surface area contributed by atoms with Crippen LogP contribution < -0.4 is 5.32 Å². The van der Waals surface area contributed by atoms with Crippen LogP contribution in [-0.4, -0.2) is 38.9 Å². The van der Waals surface area contributed by atoms with Gasteiger partial charge in [0.05, 0.1) is 11.4 Å². The zero-order valence-corrected chi connectivity index (χ0v) is 17.4. The van der Waals surface area contributed by atoms with Crippen LogP contribution in [0.3, 0.4) is 0 Å². The molecule has 0 saturated carbocycles. The molecule has 0 unspecified atom stereocenters. The highest BCUT2D eigenvalue weighted by Gasteiger charge is 2.23. The van der Waals surface area contributed by atoms with Gasteiger partial charge < -0.3 is 5.32 Å². The van der Waals surface area contributed by atoms with E-state index in [1.807, 2.05) is 32.0 Å². The second-order valence-corrected chi connectivity index (χ2v) is 7.70. The molecule has 156 valence electrons. The lowest BCUT2D eigenvalue weighted by Crippen LogP contribution is -2.31. The van der Waals surface area contributed by atoms with Crippen molar-refractivity contribution in [2.75, 3.05) is 13.1 Å². The smallest absolute Gasteiger partial charge is 0.273 e. The van der Waals surface area contributed by atoms with Crippen molar-refractivity contribution < 1.29 is 9.18 Å². The Morgan fingerprint density at radius 3 is 2.87 bits per heavy atom. The maximum atomic E-state index is 13.5. The Morgan fingerprint density at radius 2 is 2.07 bits per heavy atom. The lowest BCUT2D eigenvalue weighted by Gasteiger charge is -2.30. The molecule has 30 heavy (non-hydrogen) atoms. The summed E-state index contributed by atoms with van der Waals surface area (Å²) in [4.78, 5) is 14.7. The minimum absolute atomic E-state index is 0.188. The molecule has 0 saturated heterocycles. The number of nitrogens with one attached hydrogen (secondary N) is 1. The third-order valence-electron chi connectivity index (χ3n) is 5.49. The van der Waals surface area contributed by atoms with Crippen molar-refractivity contribution >= 4 is 5.91 Å². The number of halogens is 1. The quantitative estimate of drug-likeness (QED) is 0.680. The van der Waals surface area contributed by atoms with Gasteiger partial charge in [-0.2, -0.15) is 0 Å². The predicted octanol–water partition coefficient (Wildman–Crippen LogP) is 3.41. The van der Waals surface area contributed by atoms with Crippen molar-refractivity contribution in [1.29, 1.82) is 0 Å². The molecule has 0 spiro atoms. The fraction of sp³-hybridized carbons (Fsp3) is 0.348. The van der Waals surface area contributed by atoms with Crippen LogP contribution in [0.2, 0.25) is 0 Å². The van der Waals surface area contributed by atoms with Crippen molar-refractivity contribution in [2.45, 2.75) is 39.8 Å². The Morgan fingerprint density at radius 1 is 1.23 bits per heavy atom. The third kappa shape index (κ3) is 4.11. The highest BCUT2D eigenvalue weighted by atomic mass is 19.1. The number of amides is 1. The van der Waals surface area contributed by atoms with Crippen LogP contribution in [0, 0.1) is 12.7 Å². The van der Waals surface area contributed by atoms with E-state index in [1.54, 1.807) is 16.8 Å². The van der Waals surface area contributed by atoms with Crippen LogP contribution in [0.1, 0.15) is 46.2 Å². The van der Waals surface area contributed by atoms with Crippen LogP contribution in [0.25, 0.3) is 5.69 Å². The number of benzene rings is 2. The summed E-state index contributed by atoms with van der Waals surface area (Å²) >= 11 is 0. The molecule has 0 aliphatic carbocycles. The standard InChI is InChI=1S/C23H26FN5O/c1-3-11-25-23(30)22-16(2)29(27-26-22)21-9-5-7-18-15-28(12-10-20(18)21)14-17-6-4-8-19(24)13-17/h4-9,13H,3,10-12,14-15H2,1-2H3,(H,25,30). The minimum atomic E-state index is -0.201. The first kappa shape index (κ1) is 20.2. The number of fused-ring (bicyclic) bond motifs is 1. The second-order valence-electron chi connectivity index (χ2n) is 7.70. The van der Waals surface area contributed by atoms with Gasteiger partial charge in [0.15, 0.2) is 5.69 Å². The topological polar surface area (TPSA) is 63.1 Å². The van der Waals surface area contributed by atoms with E-state index in [0.29, 0.717) is 18.8 Å². The minimum Gasteiger partial charge on any atom is -0.351 e. The van der Waals surface area contributed by atoms with E-state index >= 15 is 0 Å². The number of carbonyl (C=O) groups is 1. The van der Waals surface area contributed by atoms with Crippen molar-refractivity contribution in [3.63, 3.8) is 0 Å². The molecule has 0 bridgehead atoms. The van der Waals surface area contributed by atoms with E-state index in [1.165, 1.54) is 17.2 Å². The molecule has 0 radical (unpaired) electrons. The third-order valence-corrected chi connectivity index (χ3v) is 5.49. The summed E-state index contributed by atoms with van der Waals surface area (Å²) in [6.45, 7) is 6.88. The first-order valence-corrected chi connectivity index (χ1v) is 10.3. The molecule has 2 heterocycles. The van der Waals surface area contributed by atoms with Gasteiger partial charge >= 0.3 is 0 Å². The van der Waals surface area contributed by atoms with E-state index in [4.69, 9.17) is 0 Å². The highest BCUT2D eigenvalue weighted by molar-refractivity contribution is 5.93. The molecule has 1 aliphatic heterocycles. The molecule has 7 heteroatoms. The summed E-state index contributed by atoms with van der Waals surface area (Å²) in [6, 6.07) is 12.9. The normalized spacial score (nSPS) is 13.8. The summed E-state index contributed by atoms with van der Waals surface area (Å²) in [5, 5.41) is 11.3. The lowest BCUT2D eigenvalue weighted by molar-refractivity contribution is 0.0948. The lowest BCUT2D eigenvalue weighted by atomic mass is 9.97. The monoisotopic (exact) mass is 407 g/mol. The van der Waals surface area contributed by atoms with Crippen LogP contribution in [0.15, 0.2) is 42.5 Å². The fourth-order valence-corrected chi connectivity index (χ4v) is 3.96. The molecule has 1 amide bonds. The Balaban J connectivity index is 1.56. The number of nitrogens with zero attached hydrogens (tertiary/aromatic N) is 4. The molecule has 1 aliphatic rings. The molecule has 1 N–H and O–H groups in total. The summed E-state index contributed by atoms with van der Waals surface area (Å²) in [6.07, 6.45) is 1.73. The molecule has 0 atom stereocenters. The van der Waals surface area contributed by atoms with Crippen molar-refractivity contribution in [3.8, 4) is 5.69 Å². The Bertz CT molecular complexity index is 1060. The van der Waals surface area contributed by atoms with Crippen molar-refractivity contribution in [3.05, 3.63) is 76.4 Å². The number of aromatic nitrogens is 3. The van der Waals surface area contributed by atoms with E-state index in [0.717, 1.165) is 42.9 Å². The van der Waals surface area contributed by atoms with Gasteiger partial charge in [-0.25, -0.2) is 9.07 Å². The number of hydrogen-bond donors (Lipinski definition) is 1. The van der Waals surface area contributed by atoms with Gasteiger partial charge in [0.2, 0.25) is 0 Å². The Hall–Kier alpha value is -3.06. The van der Waals surface area contributed by atoms with E-state index in [-0.39, 0.29) is 11.7 Å². The number of rotatable bonds is 6. The van der Waals surface area contributed by atoms with E-state index in [2.05, 4.69) is 26.6 Å². The largest absolute Gasteiger partial charge is 0.351 e. The first-order chi connectivity index (χ1) is 14.6. The first-order valence-electron chi connectivity index (χ1n) is 10.3. The van der Waals surface area contributed by atoms with Gasteiger partial charge in [0, 0.05) is 26.2 Å².